The largest absolute Gasteiger partial charge is 0.497 e. The Hall–Kier alpha value is -3.47. The van der Waals surface area contributed by atoms with Gasteiger partial charge < -0.3 is 19.6 Å². The highest BCUT2D eigenvalue weighted by molar-refractivity contribution is 5.84. The zero-order valence-corrected chi connectivity index (χ0v) is 18.9. The van der Waals surface area contributed by atoms with Crippen molar-refractivity contribution in [2.75, 3.05) is 13.7 Å². The molecule has 2 heterocycles. The number of aromatic amines is 1. The molecule has 1 unspecified atom stereocenters. The van der Waals surface area contributed by atoms with Crippen molar-refractivity contribution in [1.82, 2.24) is 14.9 Å². The number of carbonyl (C=O) groups is 1. The minimum atomic E-state index is -0.218. The quantitative estimate of drug-likeness (QED) is 0.368. The smallest absolute Gasteiger partial charge is 0.243 e. The van der Waals surface area contributed by atoms with Crippen LogP contribution >= 0.6 is 0 Å². The number of amides is 1. The van der Waals surface area contributed by atoms with Crippen LogP contribution in [0.15, 0.2) is 79.3 Å². The lowest BCUT2D eigenvalue weighted by Gasteiger charge is -2.23. The maximum atomic E-state index is 13.3. The van der Waals surface area contributed by atoms with Crippen LogP contribution in [-0.2, 0) is 4.79 Å². The first-order valence-corrected chi connectivity index (χ1v) is 11.2. The lowest BCUT2D eigenvalue weighted by molar-refractivity contribution is -0.124. The minimum Gasteiger partial charge on any atom is -0.497 e. The molecule has 0 fully saturated rings. The average molecular weight is 430 g/mol. The molecule has 0 saturated carbocycles. The summed E-state index contributed by atoms with van der Waals surface area (Å²) in [5.74, 6) is 1.30. The van der Waals surface area contributed by atoms with Gasteiger partial charge in [-0.2, -0.15) is 0 Å². The molecule has 4 aromatic rings. The van der Waals surface area contributed by atoms with E-state index in [1.165, 1.54) is 10.9 Å². The number of rotatable bonds is 9. The molecule has 0 spiro atoms. The van der Waals surface area contributed by atoms with Crippen molar-refractivity contribution < 1.29 is 9.53 Å². The van der Waals surface area contributed by atoms with E-state index < -0.39 is 0 Å². The number of carbonyl (C=O) groups excluding carboxylic acids is 1. The number of fused-ring (bicyclic) bond motifs is 1. The number of nitrogens with one attached hydrogen (secondary N) is 2. The summed E-state index contributed by atoms with van der Waals surface area (Å²) in [6.07, 6.45) is 6.78. The fourth-order valence-corrected chi connectivity index (χ4v) is 4.31. The van der Waals surface area contributed by atoms with Gasteiger partial charge in [-0.3, -0.25) is 4.79 Å². The molecule has 32 heavy (non-hydrogen) atoms. The molecule has 0 aliphatic carbocycles. The van der Waals surface area contributed by atoms with Gasteiger partial charge in [0, 0.05) is 42.0 Å². The molecule has 2 aromatic carbocycles. The first kappa shape index (κ1) is 21.8. The predicted molar refractivity (Wildman–Crippen MR) is 129 cm³/mol. The Kier molecular flexibility index (Phi) is 6.64. The van der Waals surface area contributed by atoms with Gasteiger partial charge in [-0.1, -0.05) is 44.2 Å². The third kappa shape index (κ3) is 4.72. The van der Waals surface area contributed by atoms with Crippen molar-refractivity contribution in [3.05, 3.63) is 90.4 Å². The maximum Gasteiger partial charge on any atom is 0.243 e. The lowest BCUT2D eigenvalue weighted by atomic mass is 9.90. The summed E-state index contributed by atoms with van der Waals surface area (Å²) in [6, 6.07) is 20.1. The zero-order valence-electron chi connectivity index (χ0n) is 18.9. The van der Waals surface area contributed by atoms with Crippen LogP contribution < -0.4 is 10.1 Å². The molecule has 0 aliphatic rings. The van der Waals surface area contributed by atoms with Crippen molar-refractivity contribution in [3.63, 3.8) is 0 Å². The highest BCUT2D eigenvalue weighted by atomic mass is 16.5. The van der Waals surface area contributed by atoms with Crippen molar-refractivity contribution >= 4 is 16.8 Å². The van der Waals surface area contributed by atoms with Gasteiger partial charge >= 0.3 is 0 Å². The third-order valence-electron chi connectivity index (χ3n) is 5.98. The van der Waals surface area contributed by atoms with E-state index in [0.717, 1.165) is 23.3 Å². The first-order valence-electron chi connectivity index (χ1n) is 11.2. The Labute approximate surface area is 189 Å². The van der Waals surface area contributed by atoms with Gasteiger partial charge in [-0.05, 0) is 53.8 Å². The molecule has 166 valence electrons. The number of ether oxygens (including phenoxy) is 1. The van der Waals surface area contributed by atoms with Gasteiger partial charge in [0.2, 0.25) is 5.91 Å². The maximum absolute atomic E-state index is 13.3. The van der Waals surface area contributed by atoms with Crippen LogP contribution in [0.4, 0.5) is 0 Å². The molecule has 0 radical (unpaired) electrons. The van der Waals surface area contributed by atoms with E-state index in [-0.39, 0.29) is 17.9 Å². The van der Waals surface area contributed by atoms with Crippen molar-refractivity contribution in [2.24, 2.45) is 5.92 Å². The second-order valence-corrected chi connectivity index (χ2v) is 8.64. The SMILES string of the molecule is COc1ccc(C(CNC(=O)[C@H](CC(C)C)n2cccc2)c2c[nH]c3ccccc23)cc1. The summed E-state index contributed by atoms with van der Waals surface area (Å²) in [7, 11) is 1.67. The summed E-state index contributed by atoms with van der Waals surface area (Å²) < 4.78 is 7.34. The number of aromatic nitrogens is 2. The molecule has 0 bridgehead atoms. The number of para-hydroxylation sites is 1. The number of benzene rings is 2. The monoisotopic (exact) mass is 429 g/mol. The van der Waals surface area contributed by atoms with E-state index in [4.69, 9.17) is 4.74 Å². The van der Waals surface area contributed by atoms with Crippen LogP contribution in [0.2, 0.25) is 0 Å². The first-order chi connectivity index (χ1) is 15.6. The normalized spacial score (nSPS) is 13.2. The summed E-state index contributed by atoms with van der Waals surface area (Å²) in [5.41, 5.74) is 3.40. The Morgan fingerprint density at radius 3 is 2.44 bits per heavy atom. The summed E-state index contributed by atoms with van der Waals surface area (Å²) in [5, 5.41) is 4.42. The summed E-state index contributed by atoms with van der Waals surface area (Å²) >= 11 is 0. The average Bonchev–Trinajstić information content (AvgIpc) is 3.48. The van der Waals surface area contributed by atoms with Crippen molar-refractivity contribution in [3.8, 4) is 5.75 Å². The highest BCUT2D eigenvalue weighted by Gasteiger charge is 2.24. The Morgan fingerprint density at radius 2 is 1.75 bits per heavy atom. The zero-order chi connectivity index (χ0) is 22.5. The molecule has 2 atom stereocenters. The molecule has 5 heteroatoms. The molecule has 1 amide bonds. The third-order valence-corrected chi connectivity index (χ3v) is 5.98. The number of hydrogen-bond donors (Lipinski definition) is 2. The highest BCUT2D eigenvalue weighted by Crippen LogP contribution is 2.31. The number of H-pyrrole nitrogens is 1. The fourth-order valence-electron chi connectivity index (χ4n) is 4.31. The standard InChI is InChI=1S/C27H31N3O2/c1-19(2)16-26(30-14-6-7-15-30)27(31)29-17-23(20-10-12-21(32-3)13-11-20)24-18-28-25-9-5-4-8-22(24)25/h4-15,18-19,23,26,28H,16-17H2,1-3H3,(H,29,31)/t23?,26-/m0/s1. The number of nitrogens with zero attached hydrogens (tertiary/aromatic N) is 1. The van der Waals surface area contributed by atoms with E-state index in [2.05, 4.69) is 54.6 Å². The van der Waals surface area contributed by atoms with Crippen LogP contribution in [0.1, 0.15) is 43.4 Å². The van der Waals surface area contributed by atoms with Crippen LogP contribution in [0, 0.1) is 5.92 Å². The Balaban J connectivity index is 1.62. The number of hydrogen-bond acceptors (Lipinski definition) is 2. The Morgan fingerprint density at radius 1 is 1.03 bits per heavy atom. The van der Waals surface area contributed by atoms with E-state index in [9.17, 15) is 4.79 Å². The second-order valence-electron chi connectivity index (χ2n) is 8.64. The lowest BCUT2D eigenvalue weighted by Crippen LogP contribution is -2.35. The van der Waals surface area contributed by atoms with Gasteiger partial charge in [-0.25, -0.2) is 0 Å². The van der Waals surface area contributed by atoms with Crippen LogP contribution in [0.25, 0.3) is 10.9 Å². The van der Waals surface area contributed by atoms with Crippen LogP contribution in [-0.4, -0.2) is 29.1 Å². The fraction of sp³-hybridized carbons (Fsp3) is 0.296. The summed E-state index contributed by atoms with van der Waals surface area (Å²) in [6.45, 7) is 4.81. The van der Waals surface area contributed by atoms with Gasteiger partial charge in [0.15, 0.2) is 0 Å². The van der Waals surface area contributed by atoms with Crippen molar-refractivity contribution in [2.45, 2.75) is 32.2 Å². The topological polar surface area (TPSA) is 59.0 Å². The molecule has 2 aromatic heterocycles. The van der Waals surface area contributed by atoms with Crippen LogP contribution in [0.5, 0.6) is 5.75 Å². The molecule has 5 nitrogen and oxygen atoms in total. The van der Waals surface area contributed by atoms with E-state index >= 15 is 0 Å². The van der Waals surface area contributed by atoms with Crippen molar-refractivity contribution in [1.29, 1.82) is 0 Å². The van der Waals surface area contributed by atoms with Gasteiger partial charge in [0.25, 0.3) is 0 Å². The second kappa shape index (κ2) is 9.77. The van der Waals surface area contributed by atoms with Crippen LogP contribution in [0.3, 0.4) is 0 Å². The molecular formula is C27H31N3O2. The molecule has 4 rings (SSSR count). The van der Waals surface area contributed by atoms with Gasteiger partial charge in [0.05, 0.1) is 7.11 Å². The van der Waals surface area contributed by atoms with Gasteiger partial charge in [0.1, 0.15) is 11.8 Å². The van der Waals surface area contributed by atoms with E-state index in [1.807, 2.05) is 53.4 Å². The minimum absolute atomic E-state index is 0.0189. The summed E-state index contributed by atoms with van der Waals surface area (Å²) in [4.78, 5) is 16.7. The predicted octanol–water partition coefficient (Wildman–Crippen LogP) is 5.51. The van der Waals surface area contributed by atoms with Gasteiger partial charge in [-0.15, -0.1) is 0 Å². The van der Waals surface area contributed by atoms with E-state index in [1.54, 1.807) is 7.11 Å². The molecule has 0 saturated heterocycles. The molecule has 0 aliphatic heterocycles. The molecular weight excluding hydrogens is 398 g/mol. The number of methoxy groups -OCH3 is 1. The Bertz CT molecular complexity index is 1140. The van der Waals surface area contributed by atoms with E-state index in [0.29, 0.717) is 12.5 Å². The molecule has 2 N–H and O–H groups in total.